The Bertz CT molecular complexity index is 972. The van der Waals surface area contributed by atoms with Gasteiger partial charge in [0.1, 0.15) is 5.70 Å². The maximum Gasteiger partial charge on any atom is 0.237 e. The summed E-state index contributed by atoms with van der Waals surface area (Å²) < 4.78 is 0. The molecule has 2 heterocycles. The number of likely N-dealkylation sites (N-methyl/N-ethyl adjacent to an activating group) is 1. The van der Waals surface area contributed by atoms with E-state index in [1.54, 1.807) is 23.2 Å². The van der Waals surface area contributed by atoms with Gasteiger partial charge in [-0.1, -0.05) is 47.5 Å². The van der Waals surface area contributed by atoms with Crippen molar-refractivity contribution in [1.29, 1.82) is 0 Å². The number of nitrogens with zero attached hydrogens (tertiary/aromatic N) is 2. The quantitative estimate of drug-likeness (QED) is 0.809. The average Bonchev–Trinajstić information content (AvgIpc) is 2.89. The lowest BCUT2D eigenvalue weighted by molar-refractivity contribution is 0.376. The van der Waals surface area contributed by atoms with Crippen LogP contribution in [-0.2, 0) is 0 Å². The number of anilines is 1. The molecule has 7 heteroatoms. The molecule has 0 amide bonds. The van der Waals surface area contributed by atoms with Gasteiger partial charge >= 0.3 is 0 Å². The van der Waals surface area contributed by atoms with Gasteiger partial charge in [0.25, 0.3) is 0 Å². The molecule has 0 aliphatic carbocycles. The predicted octanol–water partition coefficient (Wildman–Crippen LogP) is 1.71. The molecule has 5 nitrogen and oxygen atoms in total. The summed E-state index contributed by atoms with van der Waals surface area (Å²) in [6.07, 6.45) is 1.99. The molecule has 2 aliphatic heterocycles. The topological polar surface area (TPSA) is 70.2 Å². The van der Waals surface area contributed by atoms with Gasteiger partial charge in [-0.15, -0.1) is 0 Å². The first-order valence-electron chi connectivity index (χ1n) is 7.06. The van der Waals surface area contributed by atoms with Gasteiger partial charge in [0, 0.05) is 23.7 Å². The zero-order valence-corrected chi connectivity index (χ0v) is 14.2. The fourth-order valence-electron chi connectivity index (χ4n) is 2.88. The number of hydrogen-bond donors (Lipinski definition) is 2. The van der Waals surface area contributed by atoms with E-state index in [1.807, 2.05) is 42.4 Å². The second kappa shape index (κ2) is 5.94. The molecule has 2 aromatic carbocycles. The standard InChI is InChI=1S/C17H13Cl2N3O.H2O/c1-21-9-10-4-2-3-5-12(10)15-16(21)17(23)22(20-15)11-6-7-13(18)14(19)8-11;/h2-9,20,23H,1H3;1H2. The fourth-order valence-corrected chi connectivity index (χ4v) is 3.17. The van der Waals surface area contributed by atoms with Gasteiger partial charge in [-0.2, -0.15) is 0 Å². The molecule has 4 rings (SSSR count). The molecule has 0 saturated heterocycles. The first kappa shape index (κ1) is 16.5. The minimum atomic E-state index is 0. The number of nitrogens with one attached hydrogen (secondary N) is 1. The first-order valence-corrected chi connectivity index (χ1v) is 7.81. The number of aliphatic hydroxyl groups excluding tert-OH is 1. The van der Waals surface area contributed by atoms with E-state index in [-0.39, 0.29) is 11.4 Å². The van der Waals surface area contributed by atoms with E-state index >= 15 is 0 Å². The van der Waals surface area contributed by atoms with Crippen molar-refractivity contribution in [3.63, 3.8) is 0 Å². The highest BCUT2D eigenvalue weighted by Crippen LogP contribution is 2.33. The number of benzene rings is 2. The molecule has 0 unspecified atom stereocenters. The zero-order valence-electron chi connectivity index (χ0n) is 12.7. The van der Waals surface area contributed by atoms with Crippen molar-refractivity contribution in [1.82, 2.24) is 10.3 Å². The van der Waals surface area contributed by atoms with Crippen LogP contribution in [0.15, 0.2) is 54.0 Å². The van der Waals surface area contributed by atoms with E-state index in [2.05, 4.69) is 5.43 Å². The van der Waals surface area contributed by atoms with Gasteiger partial charge in [0.15, 0.2) is 0 Å². The van der Waals surface area contributed by atoms with E-state index in [0.717, 1.165) is 21.8 Å². The molecule has 0 fully saturated rings. The minimum Gasteiger partial charge on any atom is -0.492 e. The highest BCUT2D eigenvalue weighted by Gasteiger charge is 2.32. The van der Waals surface area contributed by atoms with Crippen molar-refractivity contribution in [3.8, 4) is 0 Å². The molecule has 0 atom stereocenters. The van der Waals surface area contributed by atoms with Crippen molar-refractivity contribution >= 4 is 40.8 Å². The minimum absolute atomic E-state index is 0. The van der Waals surface area contributed by atoms with Crippen LogP contribution in [0.25, 0.3) is 11.9 Å². The van der Waals surface area contributed by atoms with Gasteiger partial charge < -0.3 is 15.5 Å². The summed E-state index contributed by atoms with van der Waals surface area (Å²) in [4.78, 5) is 1.90. The molecule has 2 aromatic rings. The summed E-state index contributed by atoms with van der Waals surface area (Å²) in [6.45, 7) is 0. The van der Waals surface area contributed by atoms with Gasteiger partial charge in [-0.3, -0.25) is 5.43 Å². The van der Waals surface area contributed by atoms with Crippen molar-refractivity contribution < 1.29 is 10.6 Å². The molecule has 124 valence electrons. The molecule has 0 bridgehead atoms. The van der Waals surface area contributed by atoms with Crippen molar-refractivity contribution in [2.45, 2.75) is 0 Å². The van der Waals surface area contributed by atoms with E-state index in [0.29, 0.717) is 15.7 Å². The van der Waals surface area contributed by atoms with Crippen LogP contribution in [-0.4, -0.2) is 22.5 Å². The highest BCUT2D eigenvalue weighted by atomic mass is 35.5. The Morgan fingerprint density at radius 1 is 1.04 bits per heavy atom. The highest BCUT2D eigenvalue weighted by molar-refractivity contribution is 6.42. The summed E-state index contributed by atoms with van der Waals surface area (Å²) >= 11 is 12.1. The summed E-state index contributed by atoms with van der Waals surface area (Å²) in [6, 6.07) is 13.2. The summed E-state index contributed by atoms with van der Waals surface area (Å²) in [5, 5.41) is 15.3. The van der Waals surface area contributed by atoms with Crippen LogP contribution >= 0.6 is 23.2 Å². The lowest BCUT2D eigenvalue weighted by Crippen LogP contribution is -2.40. The molecule has 0 spiro atoms. The Morgan fingerprint density at radius 2 is 1.79 bits per heavy atom. The van der Waals surface area contributed by atoms with E-state index < -0.39 is 0 Å². The number of fused-ring (bicyclic) bond motifs is 2. The maximum atomic E-state index is 10.7. The summed E-state index contributed by atoms with van der Waals surface area (Å²) in [5.74, 6) is 0.117. The lowest BCUT2D eigenvalue weighted by atomic mass is 10.1. The van der Waals surface area contributed by atoms with Gasteiger partial charge in [0.2, 0.25) is 5.88 Å². The Kier molecular flexibility index (Phi) is 4.09. The van der Waals surface area contributed by atoms with Gasteiger partial charge in [-0.05, 0) is 18.2 Å². The second-order valence-corrected chi connectivity index (χ2v) is 6.23. The largest absolute Gasteiger partial charge is 0.492 e. The van der Waals surface area contributed by atoms with Crippen LogP contribution < -0.4 is 20.9 Å². The zero-order chi connectivity index (χ0) is 16.1. The van der Waals surface area contributed by atoms with E-state index in [9.17, 15) is 5.11 Å². The van der Waals surface area contributed by atoms with Crippen molar-refractivity contribution in [2.75, 3.05) is 12.1 Å². The third kappa shape index (κ3) is 2.38. The molecule has 0 aromatic heterocycles. The number of hydrogen-bond acceptors (Lipinski definition) is 4. The van der Waals surface area contributed by atoms with Gasteiger partial charge in [0.05, 0.1) is 21.4 Å². The Hall–Kier alpha value is -2.34. The maximum absolute atomic E-state index is 10.7. The third-order valence-corrected chi connectivity index (χ3v) is 4.70. The van der Waals surface area contributed by atoms with E-state index in [4.69, 9.17) is 23.2 Å². The van der Waals surface area contributed by atoms with Crippen LogP contribution in [0, 0.1) is 0 Å². The molecule has 4 N–H and O–H groups in total. The molecule has 0 saturated carbocycles. The van der Waals surface area contributed by atoms with Crippen LogP contribution in [0.1, 0.15) is 0 Å². The molecular weight excluding hydrogens is 349 g/mol. The summed E-state index contributed by atoms with van der Waals surface area (Å²) in [7, 11) is 1.90. The fraction of sp³-hybridized carbons (Fsp3) is 0.0588. The summed E-state index contributed by atoms with van der Waals surface area (Å²) in [5.41, 5.74) is 5.53. The smallest absolute Gasteiger partial charge is 0.237 e. The Labute approximate surface area is 148 Å². The van der Waals surface area contributed by atoms with Gasteiger partial charge in [-0.25, -0.2) is 5.01 Å². The number of aliphatic hydroxyl groups is 1. The van der Waals surface area contributed by atoms with Crippen LogP contribution in [0.2, 0.25) is 10.0 Å². The molecule has 0 radical (unpaired) electrons. The van der Waals surface area contributed by atoms with Crippen molar-refractivity contribution in [2.24, 2.45) is 0 Å². The number of halogens is 2. The third-order valence-electron chi connectivity index (χ3n) is 3.96. The van der Waals surface area contributed by atoms with Crippen molar-refractivity contribution in [3.05, 3.63) is 74.5 Å². The number of hydrazine groups is 1. The lowest BCUT2D eigenvalue weighted by Gasteiger charge is -2.20. The molecule has 24 heavy (non-hydrogen) atoms. The molecular formula is C17H15Cl2N3O2. The Morgan fingerprint density at radius 3 is 2.54 bits per heavy atom. The SMILES string of the molecule is CN1C=c2ccccc2=C2NN(c3ccc(Cl)c(Cl)c3)C(O)=C21.O. The average molecular weight is 364 g/mol. The normalized spacial score (nSPS) is 15.4. The predicted molar refractivity (Wildman–Crippen MR) is 96.7 cm³/mol. The van der Waals surface area contributed by atoms with E-state index in [1.165, 1.54) is 0 Å². The van der Waals surface area contributed by atoms with Crippen LogP contribution in [0.5, 0.6) is 0 Å². The second-order valence-electron chi connectivity index (χ2n) is 5.42. The Balaban J connectivity index is 0.00000169. The van der Waals surface area contributed by atoms with Crippen LogP contribution in [0.4, 0.5) is 5.69 Å². The molecule has 2 aliphatic rings. The van der Waals surface area contributed by atoms with Crippen LogP contribution in [0.3, 0.4) is 0 Å². The number of rotatable bonds is 1. The first-order chi connectivity index (χ1) is 11.1. The monoisotopic (exact) mass is 363 g/mol.